The second-order valence-electron chi connectivity index (χ2n) is 8.12. The number of nitrogens with zero attached hydrogens (tertiary/aromatic N) is 1. The predicted octanol–water partition coefficient (Wildman–Crippen LogP) is 5.33. The molecule has 28 heavy (non-hydrogen) atoms. The summed E-state index contributed by atoms with van der Waals surface area (Å²) < 4.78 is 0. The predicted molar refractivity (Wildman–Crippen MR) is 121 cm³/mol. The molecule has 1 N–H and O–H groups in total. The molecule has 1 fully saturated rings. The minimum atomic E-state index is 0.453. The molecule has 0 aliphatic carbocycles. The van der Waals surface area contributed by atoms with Crippen LogP contribution in [0.4, 0.5) is 0 Å². The molecule has 1 aliphatic heterocycles. The van der Waals surface area contributed by atoms with Crippen LogP contribution in [0.1, 0.15) is 43.2 Å². The van der Waals surface area contributed by atoms with Crippen molar-refractivity contribution in [3.63, 3.8) is 0 Å². The number of nitrogens with one attached hydrogen (secondary N) is 1. The normalized spacial score (nSPS) is 17.4. The fourth-order valence-electron chi connectivity index (χ4n) is 4.29. The number of benzene rings is 2. The number of allylic oxidation sites excluding steroid dienone is 1. The third kappa shape index (κ3) is 6.05. The van der Waals surface area contributed by atoms with Crippen LogP contribution < -0.4 is 5.32 Å². The molecule has 0 amide bonds. The van der Waals surface area contributed by atoms with E-state index in [9.17, 15) is 0 Å². The van der Waals surface area contributed by atoms with Gasteiger partial charge in [0.2, 0.25) is 0 Å². The maximum atomic E-state index is 3.31. The van der Waals surface area contributed by atoms with E-state index in [0.717, 1.165) is 19.0 Å². The molecule has 0 bridgehead atoms. The van der Waals surface area contributed by atoms with Crippen molar-refractivity contribution in [2.75, 3.05) is 33.2 Å². The van der Waals surface area contributed by atoms with E-state index in [1.807, 2.05) is 7.05 Å². The molecule has 0 radical (unpaired) electrons. The first-order valence-electron chi connectivity index (χ1n) is 10.9. The third-order valence-corrected chi connectivity index (χ3v) is 6.12. The Hall–Kier alpha value is -1.90. The van der Waals surface area contributed by atoms with Crippen LogP contribution in [0.15, 0.2) is 72.8 Å². The second kappa shape index (κ2) is 11.2. The Balaban J connectivity index is 1.59. The number of likely N-dealkylation sites (tertiary alicyclic amines) is 1. The van der Waals surface area contributed by atoms with Gasteiger partial charge in [0.15, 0.2) is 0 Å². The average Bonchev–Trinajstić information content (AvgIpc) is 2.77. The molecule has 0 saturated carbocycles. The third-order valence-electron chi connectivity index (χ3n) is 6.12. The molecular formula is C26H36N2. The fraction of sp³-hybridized carbons (Fsp3) is 0.462. The number of piperidine rings is 1. The van der Waals surface area contributed by atoms with E-state index in [0.29, 0.717) is 11.8 Å². The Morgan fingerprint density at radius 2 is 1.54 bits per heavy atom. The summed E-state index contributed by atoms with van der Waals surface area (Å²) >= 11 is 0. The molecule has 0 aromatic heterocycles. The Kier molecular flexibility index (Phi) is 8.32. The van der Waals surface area contributed by atoms with E-state index in [4.69, 9.17) is 0 Å². The largest absolute Gasteiger partial charge is 0.319 e. The first-order valence-corrected chi connectivity index (χ1v) is 10.9. The molecular weight excluding hydrogens is 340 g/mol. The molecule has 0 spiro atoms. The van der Waals surface area contributed by atoms with Gasteiger partial charge in [0.25, 0.3) is 0 Å². The van der Waals surface area contributed by atoms with E-state index >= 15 is 0 Å². The molecule has 1 atom stereocenters. The van der Waals surface area contributed by atoms with Gasteiger partial charge < -0.3 is 10.2 Å². The Bertz CT molecular complexity index is 647. The lowest BCUT2D eigenvalue weighted by Gasteiger charge is -2.34. The van der Waals surface area contributed by atoms with Gasteiger partial charge in [-0.1, -0.05) is 79.7 Å². The molecule has 150 valence electrons. The van der Waals surface area contributed by atoms with Crippen LogP contribution >= 0.6 is 0 Å². The van der Waals surface area contributed by atoms with Gasteiger partial charge in [0.1, 0.15) is 0 Å². The first kappa shape index (κ1) is 20.8. The highest BCUT2D eigenvalue weighted by molar-refractivity contribution is 5.32. The van der Waals surface area contributed by atoms with Crippen LogP contribution in [0.3, 0.4) is 0 Å². The first-order chi connectivity index (χ1) is 13.8. The minimum Gasteiger partial charge on any atom is -0.319 e. The Morgan fingerprint density at radius 3 is 2.04 bits per heavy atom. The summed E-state index contributed by atoms with van der Waals surface area (Å²) in [6, 6.07) is 22.0. The molecule has 1 heterocycles. The number of hydrogen-bond donors (Lipinski definition) is 1. The van der Waals surface area contributed by atoms with Gasteiger partial charge in [-0.25, -0.2) is 0 Å². The maximum Gasteiger partial charge on any atom is 0.0217 e. The second-order valence-corrected chi connectivity index (χ2v) is 8.12. The quantitative estimate of drug-likeness (QED) is 0.595. The highest BCUT2D eigenvalue weighted by Gasteiger charge is 2.22. The Labute approximate surface area is 171 Å². The summed E-state index contributed by atoms with van der Waals surface area (Å²) in [6.45, 7) is 6.88. The van der Waals surface area contributed by atoms with Crippen molar-refractivity contribution in [1.29, 1.82) is 0 Å². The number of rotatable bonds is 9. The van der Waals surface area contributed by atoms with Crippen LogP contribution in [0, 0.1) is 11.8 Å². The van der Waals surface area contributed by atoms with Crippen LogP contribution in [0.5, 0.6) is 0 Å². The van der Waals surface area contributed by atoms with Gasteiger partial charge in [-0.15, -0.1) is 0 Å². The minimum absolute atomic E-state index is 0.453. The lowest BCUT2D eigenvalue weighted by molar-refractivity contribution is 0.197. The van der Waals surface area contributed by atoms with Crippen molar-refractivity contribution in [3.05, 3.63) is 83.9 Å². The van der Waals surface area contributed by atoms with Crippen LogP contribution in [-0.2, 0) is 0 Å². The van der Waals surface area contributed by atoms with Gasteiger partial charge in [0, 0.05) is 19.0 Å². The molecule has 1 unspecified atom stereocenters. The zero-order chi connectivity index (χ0) is 19.6. The van der Waals surface area contributed by atoms with Gasteiger partial charge in [-0.05, 0) is 62.4 Å². The molecule has 2 heteroatoms. The summed E-state index contributed by atoms with van der Waals surface area (Å²) in [6.07, 6.45) is 8.72. The molecule has 3 rings (SSSR count). The maximum absolute atomic E-state index is 3.31. The summed E-state index contributed by atoms with van der Waals surface area (Å²) in [5.74, 6) is 1.87. The highest BCUT2D eigenvalue weighted by Crippen LogP contribution is 2.28. The summed E-state index contributed by atoms with van der Waals surface area (Å²) in [5.41, 5.74) is 2.85. The average molecular weight is 377 g/mol. The SMILES string of the molecule is CCC(/C=C\C1CCN(CC(c2ccccc2)c2ccccc2)CC1)CNC. The molecule has 1 aliphatic rings. The zero-order valence-electron chi connectivity index (χ0n) is 17.6. The summed E-state index contributed by atoms with van der Waals surface area (Å²) in [5, 5.41) is 3.31. The summed E-state index contributed by atoms with van der Waals surface area (Å²) in [4.78, 5) is 2.67. The topological polar surface area (TPSA) is 15.3 Å². The van der Waals surface area contributed by atoms with Gasteiger partial charge in [-0.3, -0.25) is 0 Å². The van der Waals surface area contributed by atoms with Crippen molar-refractivity contribution in [3.8, 4) is 0 Å². The lowest BCUT2D eigenvalue weighted by Crippen LogP contribution is -2.36. The van der Waals surface area contributed by atoms with Gasteiger partial charge >= 0.3 is 0 Å². The van der Waals surface area contributed by atoms with E-state index in [-0.39, 0.29) is 0 Å². The molecule has 2 nitrogen and oxygen atoms in total. The standard InChI is InChI=1S/C26H36N2/c1-3-22(20-27-2)14-15-23-16-18-28(19-17-23)21-26(24-10-6-4-7-11-24)25-12-8-5-9-13-25/h4-15,22-23,26-27H,3,16-21H2,1-2H3/b15-14-. The Morgan fingerprint density at radius 1 is 0.964 bits per heavy atom. The van der Waals surface area contributed by atoms with Crippen molar-refractivity contribution >= 4 is 0 Å². The van der Waals surface area contributed by atoms with Gasteiger partial charge in [-0.2, -0.15) is 0 Å². The number of hydrogen-bond acceptors (Lipinski definition) is 2. The molecule has 2 aromatic carbocycles. The lowest BCUT2D eigenvalue weighted by atomic mass is 9.89. The van der Waals surface area contributed by atoms with E-state index in [1.54, 1.807) is 0 Å². The zero-order valence-corrected chi connectivity index (χ0v) is 17.6. The van der Waals surface area contributed by atoms with Crippen LogP contribution in [-0.4, -0.2) is 38.1 Å². The van der Waals surface area contributed by atoms with E-state index in [2.05, 4.69) is 90.0 Å². The molecule has 2 aromatic rings. The van der Waals surface area contributed by atoms with Crippen LogP contribution in [0.2, 0.25) is 0 Å². The van der Waals surface area contributed by atoms with Crippen LogP contribution in [0.25, 0.3) is 0 Å². The fourth-order valence-corrected chi connectivity index (χ4v) is 4.29. The molecule has 1 saturated heterocycles. The van der Waals surface area contributed by atoms with Crippen molar-refractivity contribution in [1.82, 2.24) is 10.2 Å². The van der Waals surface area contributed by atoms with Crippen molar-refractivity contribution < 1.29 is 0 Å². The van der Waals surface area contributed by atoms with Crippen molar-refractivity contribution in [2.45, 2.75) is 32.1 Å². The van der Waals surface area contributed by atoms with Gasteiger partial charge in [0.05, 0.1) is 0 Å². The summed E-state index contributed by atoms with van der Waals surface area (Å²) in [7, 11) is 2.05. The smallest absolute Gasteiger partial charge is 0.0217 e. The van der Waals surface area contributed by atoms with Crippen molar-refractivity contribution in [2.24, 2.45) is 11.8 Å². The highest BCUT2D eigenvalue weighted by atomic mass is 15.1. The van der Waals surface area contributed by atoms with E-state index in [1.165, 1.54) is 43.5 Å². The monoisotopic (exact) mass is 376 g/mol. The van der Waals surface area contributed by atoms with E-state index < -0.39 is 0 Å².